The number of nitrogens with zero attached hydrogens (tertiary/aromatic N) is 1. The minimum absolute atomic E-state index is 0.151. The first-order valence-electron chi connectivity index (χ1n) is 6.22. The summed E-state index contributed by atoms with van der Waals surface area (Å²) in [5.41, 5.74) is 7.31. The van der Waals surface area contributed by atoms with Crippen LogP contribution in [0.1, 0.15) is 30.4 Å². The summed E-state index contributed by atoms with van der Waals surface area (Å²) in [6, 6.07) is 7.18. The molecule has 1 heterocycles. The second-order valence-corrected chi connectivity index (χ2v) is 4.91. The third-order valence-corrected chi connectivity index (χ3v) is 2.91. The van der Waals surface area contributed by atoms with E-state index in [0.717, 1.165) is 5.56 Å². The summed E-state index contributed by atoms with van der Waals surface area (Å²) in [7, 11) is 0. The van der Waals surface area contributed by atoms with Crippen molar-refractivity contribution in [1.29, 1.82) is 0 Å². The second kappa shape index (κ2) is 5.32. The SMILES string of the molecule is Cc1cccc(C2C(=O)N=C(CC(C)N)NC2=O)c1. The molecule has 1 aliphatic heterocycles. The third-order valence-electron chi connectivity index (χ3n) is 2.91. The van der Waals surface area contributed by atoms with Gasteiger partial charge >= 0.3 is 0 Å². The van der Waals surface area contributed by atoms with E-state index in [1.165, 1.54) is 0 Å². The fourth-order valence-electron chi connectivity index (χ4n) is 2.10. The summed E-state index contributed by atoms with van der Waals surface area (Å²) in [5, 5.41) is 2.66. The average molecular weight is 259 g/mol. The lowest BCUT2D eigenvalue weighted by atomic mass is 9.94. The zero-order valence-electron chi connectivity index (χ0n) is 11.0. The lowest BCUT2D eigenvalue weighted by Gasteiger charge is -2.21. The normalized spacial score (nSPS) is 20.8. The quantitative estimate of drug-likeness (QED) is 0.790. The van der Waals surface area contributed by atoms with Gasteiger partial charge in [0.15, 0.2) is 0 Å². The van der Waals surface area contributed by atoms with Crippen molar-refractivity contribution in [2.75, 3.05) is 0 Å². The highest BCUT2D eigenvalue weighted by Gasteiger charge is 2.33. The number of hydrogen-bond donors (Lipinski definition) is 2. The first-order valence-corrected chi connectivity index (χ1v) is 6.22. The van der Waals surface area contributed by atoms with Gasteiger partial charge in [0, 0.05) is 12.5 Å². The maximum Gasteiger partial charge on any atom is 0.264 e. The summed E-state index contributed by atoms with van der Waals surface area (Å²) in [6.07, 6.45) is 0.387. The van der Waals surface area contributed by atoms with E-state index in [9.17, 15) is 9.59 Å². The maximum absolute atomic E-state index is 12.1. The van der Waals surface area contributed by atoms with Gasteiger partial charge in [0.25, 0.3) is 5.91 Å². The van der Waals surface area contributed by atoms with Gasteiger partial charge in [0.2, 0.25) is 5.91 Å². The Morgan fingerprint density at radius 2 is 2.16 bits per heavy atom. The smallest absolute Gasteiger partial charge is 0.264 e. The summed E-state index contributed by atoms with van der Waals surface area (Å²) >= 11 is 0. The molecule has 0 fully saturated rings. The monoisotopic (exact) mass is 259 g/mol. The van der Waals surface area contributed by atoms with Crippen LogP contribution in [0.25, 0.3) is 0 Å². The number of carbonyl (C=O) groups is 2. The molecule has 1 aromatic rings. The molecule has 2 atom stereocenters. The van der Waals surface area contributed by atoms with Crippen LogP contribution >= 0.6 is 0 Å². The van der Waals surface area contributed by atoms with Crippen LogP contribution in [0.3, 0.4) is 0 Å². The molecule has 0 bridgehead atoms. The van der Waals surface area contributed by atoms with E-state index in [4.69, 9.17) is 5.73 Å². The van der Waals surface area contributed by atoms with E-state index in [-0.39, 0.29) is 11.9 Å². The topological polar surface area (TPSA) is 84.6 Å². The molecule has 0 radical (unpaired) electrons. The molecular formula is C14H17N3O2. The predicted octanol–water partition coefficient (Wildman–Crippen LogP) is 0.871. The van der Waals surface area contributed by atoms with Crippen LogP contribution in [0.2, 0.25) is 0 Å². The van der Waals surface area contributed by atoms with Crippen LogP contribution in [-0.2, 0) is 9.59 Å². The van der Waals surface area contributed by atoms with Crippen LogP contribution in [0.5, 0.6) is 0 Å². The maximum atomic E-state index is 12.1. The molecule has 0 aromatic heterocycles. The van der Waals surface area contributed by atoms with Gasteiger partial charge in [-0.2, -0.15) is 4.99 Å². The molecule has 0 saturated carbocycles. The number of rotatable bonds is 3. The Labute approximate surface area is 111 Å². The summed E-state index contributed by atoms with van der Waals surface area (Å²) in [5.74, 6) is -1.25. The van der Waals surface area contributed by atoms with Crippen molar-refractivity contribution in [2.45, 2.75) is 32.2 Å². The Bertz CT molecular complexity index is 549. The van der Waals surface area contributed by atoms with Crippen molar-refractivity contribution >= 4 is 17.6 Å². The first-order chi connectivity index (χ1) is 8.97. The zero-order chi connectivity index (χ0) is 14.0. The van der Waals surface area contributed by atoms with Gasteiger partial charge in [-0.1, -0.05) is 29.8 Å². The van der Waals surface area contributed by atoms with Crippen molar-refractivity contribution in [1.82, 2.24) is 5.32 Å². The number of nitrogens with one attached hydrogen (secondary N) is 1. The van der Waals surface area contributed by atoms with Crippen LogP contribution < -0.4 is 11.1 Å². The molecule has 5 heteroatoms. The molecular weight excluding hydrogens is 242 g/mol. The molecule has 1 aliphatic rings. The minimum atomic E-state index is -0.850. The average Bonchev–Trinajstić information content (AvgIpc) is 2.26. The Kier molecular flexibility index (Phi) is 3.76. The van der Waals surface area contributed by atoms with E-state index in [0.29, 0.717) is 17.8 Å². The van der Waals surface area contributed by atoms with Gasteiger partial charge in [-0.05, 0) is 19.4 Å². The molecule has 2 amide bonds. The Hall–Kier alpha value is -2.01. The van der Waals surface area contributed by atoms with E-state index in [2.05, 4.69) is 10.3 Å². The zero-order valence-corrected chi connectivity index (χ0v) is 11.0. The van der Waals surface area contributed by atoms with Crippen molar-refractivity contribution in [2.24, 2.45) is 10.7 Å². The van der Waals surface area contributed by atoms with Crippen LogP contribution in [-0.4, -0.2) is 23.7 Å². The summed E-state index contributed by atoms with van der Waals surface area (Å²) in [4.78, 5) is 28.0. The van der Waals surface area contributed by atoms with E-state index >= 15 is 0 Å². The summed E-state index contributed by atoms with van der Waals surface area (Å²) < 4.78 is 0. The lowest BCUT2D eigenvalue weighted by molar-refractivity contribution is -0.129. The molecule has 0 aliphatic carbocycles. The largest absolute Gasteiger partial charge is 0.328 e. The van der Waals surface area contributed by atoms with Crippen molar-refractivity contribution < 1.29 is 9.59 Å². The predicted molar refractivity (Wildman–Crippen MR) is 72.8 cm³/mol. The molecule has 0 saturated heterocycles. The molecule has 2 rings (SSSR count). The van der Waals surface area contributed by atoms with Gasteiger partial charge < -0.3 is 11.1 Å². The highest BCUT2D eigenvalue weighted by Crippen LogP contribution is 2.21. The van der Waals surface area contributed by atoms with Crippen LogP contribution in [0.4, 0.5) is 0 Å². The summed E-state index contributed by atoms with van der Waals surface area (Å²) in [6.45, 7) is 3.71. The minimum Gasteiger partial charge on any atom is -0.328 e. The standard InChI is InChI=1S/C14H17N3O2/c1-8-4-3-5-10(6-8)12-13(18)16-11(7-9(2)15)17-14(12)19/h3-6,9,12H,7,15H2,1-2H3,(H,16,17,18,19). The Balaban J connectivity index is 2.27. The third kappa shape index (κ3) is 3.06. The number of aryl methyl sites for hydroxylation is 1. The van der Waals surface area contributed by atoms with Crippen LogP contribution in [0.15, 0.2) is 29.3 Å². The number of amidine groups is 1. The van der Waals surface area contributed by atoms with Crippen molar-refractivity contribution in [3.05, 3.63) is 35.4 Å². The lowest BCUT2D eigenvalue weighted by Crippen LogP contribution is -2.44. The highest BCUT2D eigenvalue weighted by molar-refractivity contribution is 6.19. The molecule has 100 valence electrons. The molecule has 2 unspecified atom stereocenters. The van der Waals surface area contributed by atoms with E-state index < -0.39 is 11.8 Å². The second-order valence-electron chi connectivity index (χ2n) is 4.91. The number of hydrogen-bond acceptors (Lipinski definition) is 3. The highest BCUT2D eigenvalue weighted by atomic mass is 16.2. The van der Waals surface area contributed by atoms with Gasteiger partial charge in [-0.15, -0.1) is 0 Å². The number of aliphatic imine (C=N–C) groups is 1. The fraction of sp³-hybridized carbons (Fsp3) is 0.357. The van der Waals surface area contributed by atoms with E-state index in [1.807, 2.05) is 25.1 Å². The fourth-order valence-corrected chi connectivity index (χ4v) is 2.10. The van der Waals surface area contributed by atoms with Gasteiger partial charge in [0.05, 0.1) is 0 Å². The molecule has 1 aromatic carbocycles. The van der Waals surface area contributed by atoms with Gasteiger partial charge in [-0.25, -0.2) is 0 Å². The molecule has 3 N–H and O–H groups in total. The van der Waals surface area contributed by atoms with Crippen molar-refractivity contribution in [3.8, 4) is 0 Å². The Morgan fingerprint density at radius 1 is 1.42 bits per heavy atom. The number of amides is 2. The molecule has 0 spiro atoms. The number of carbonyl (C=O) groups excluding carboxylic acids is 2. The molecule has 5 nitrogen and oxygen atoms in total. The van der Waals surface area contributed by atoms with E-state index in [1.54, 1.807) is 13.0 Å². The van der Waals surface area contributed by atoms with Gasteiger partial charge in [0.1, 0.15) is 11.8 Å². The Morgan fingerprint density at radius 3 is 2.74 bits per heavy atom. The number of benzene rings is 1. The first kappa shape index (κ1) is 13.4. The van der Waals surface area contributed by atoms with Gasteiger partial charge in [-0.3, -0.25) is 9.59 Å². The molecule has 19 heavy (non-hydrogen) atoms. The van der Waals surface area contributed by atoms with Crippen LogP contribution in [0, 0.1) is 6.92 Å². The number of nitrogens with two attached hydrogens (primary N) is 1. The van der Waals surface area contributed by atoms with Crippen molar-refractivity contribution in [3.63, 3.8) is 0 Å².